The van der Waals surface area contributed by atoms with Crippen LogP contribution in [-0.4, -0.2) is 12.5 Å². The quantitative estimate of drug-likeness (QED) is 0.790. The number of hydrogen-bond donors (Lipinski definition) is 2. The molecule has 0 spiro atoms. The van der Waals surface area contributed by atoms with Gasteiger partial charge in [0, 0.05) is 0 Å². The largest absolute Gasteiger partial charge is 0.368 e. The summed E-state index contributed by atoms with van der Waals surface area (Å²) < 4.78 is 0. The van der Waals surface area contributed by atoms with Crippen molar-refractivity contribution < 1.29 is 4.79 Å². The lowest BCUT2D eigenvalue weighted by atomic mass is 9.90. The predicted molar refractivity (Wildman–Crippen MR) is 70.7 cm³/mol. The minimum Gasteiger partial charge on any atom is -0.368 e. The lowest BCUT2D eigenvalue weighted by molar-refractivity contribution is -0.124. The molecule has 1 atom stereocenters. The summed E-state index contributed by atoms with van der Waals surface area (Å²) in [4.78, 5) is 11.6. The number of nitrogens with one attached hydrogen (secondary N) is 1. The molecule has 1 aromatic carbocycles. The Bertz CT molecular complexity index is 372. The van der Waals surface area contributed by atoms with Crippen LogP contribution >= 0.6 is 0 Å². The second kappa shape index (κ2) is 5.82. The summed E-state index contributed by atoms with van der Waals surface area (Å²) in [5.74, 6) is -0.345. The smallest absolute Gasteiger partial charge is 0.242 e. The number of benzene rings is 1. The summed E-state index contributed by atoms with van der Waals surface area (Å²) in [5.41, 5.74) is 6.92. The molecular formula is C14H22N2O. The molecule has 3 nitrogen and oxygen atoms in total. The van der Waals surface area contributed by atoms with Gasteiger partial charge in [0.15, 0.2) is 0 Å². The average Bonchev–Trinajstić information content (AvgIpc) is 2.30. The second-order valence-corrected chi connectivity index (χ2v) is 4.47. The Balaban J connectivity index is 2.99. The zero-order chi connectivity index (χ0) is 12.9. The SMILES string of the molecule is CCCc1ccc(C(C)(NCC)C(N)=O)cc1. The number of amides is 1. The highest BCUT2D eigenvalue weighted by Gasteiger charge is 2.31. The Labute approximate surface area is 103 Å². The molecule has 0 fully saturated rings. The van der Waals surface area contributed by atoms with E-state index >= 15 is 0 Å². The highest BCUT2D eigenvalue weighted by molar-refractivity contribution is 5.85. The van der Waals surface area contributed by atoms with Crippen LogP contribution in [0.5, 0.6) is 0 Å². The van der Waals surface area contributed by atoms with E-state index in [0.717, 1.165) is 18.4 Å². The van der Waals surface area contributed by atoms with Crippen LogP contribution in [0, 0.1) is 0 Å². The van der Waals surface area contributed by atoms with E-state index in [0.29, 0.717) is 6.54 Å². The average molecular weight is 234 g/mol. The minimum absolute atomic E-state index is 0.345. The van der Waals surface area contributed by atoms with E-state index in [1.165, 1.54) is 5.56 Å². The van der Waals surface area contributed by atoms with E-state index in [1.807, 2.05) is 26.0 Å². The molecule has 0 aliphatic heterocycles. The molecule has 0 aromatic heterocycles. The Kier molecular flexibility index (Phi) is 4.70. The molecule has 0 aliphatic rings. The number of rotatable bonds is 6. The van der Waals surface area contributed by atoms with Crippen molar-refractivity contribution in [1.29, 1.82) is 0 Å². The molecule has 0 heterocycles. The van der Waals surface area contributed by atoms with Crippen molar-refractivity contribution in [2.24, 2.45) is 5.73 Å². The summed E-state index contributed by atoms with van der Waals surface area (Å²) in [7, 11) is 0. The molecule has 3 N–H and O–H groups in total. The van der Waals surface area contributed by atoms with Crippen molar-refractivity contribution in [1.82, 2.24) is 5.32 Å². The lowest BCUT2D eigenvalue weighted by Gasteiger charge is -2.27. The molecular weight excluding hydrogens is 212 g/mol. The Hall–Kier alpha value is -1.35. The van der Waals surface area contributed by atoms with Gasteiger partial charge in [0.25, 0.3) is 0 Å². The molecule has 94 valence electrons. The number of aryl methyl sites for hydroxylation is 1. The van der Waals surface area contributed by atoms with Gasteiger partial charge in [-0.1, -0.05) is 44.5 Å². The summed E-state index contributed by atoms with van der Waals surface area (Å²) in [6.07, 6.45) is 2.19. The van der Waals surface area contributed by atoms with E-state index < -0.39 is 5.54 Å². The van der Waals surface area contributed by atoms with Gasteiger partial charge < -0.3 is 11.1 Å². The topological polar surface area (TPSA) is 55.1 Å². The zero-order valence-electron chi connectivity index (χ0n) is 10.9. The van der Waals surface area contributed by atoms with Crippen molar-refractivity contribution in [2.75, 3.05) is 6.54 Å². The number of nitrogens with two attached hydrogens (primary N) is 1. The molecule has 1 unspecified atom stereocenters. The maximum absolute atomic E-state index is 11.6. The number of likely N-dealkylation sites (N-methyl/N-ethyl adjacent to an activating group) is 1. The first-order valence-electron chi connectivity index (χ1n) is 6.19. The van der Waals surface area contributed by atoms with Crippen LogP contribution in [0.3, 0.4) is 0 Å². The fourth-order valence-corrected chi connectivity index (χ4v) is 1.98. The summed E-state index contributed by atoms with van der Waals surface area (Å²) in [6.45, 7) is 6.65. The van der Waals surface area contributed by atoms with E-state index in [-0.39, 0.29) is 5.91 Å². The first-order chi connectivity index (χ1) is 8.04. The fraction of sp³-hybridized carbons (Fsp3) is 0.500. The lowest BCUT2D eigenvalue weighted by Crippen LogP contribution is -2.50. The zero-order valence-corrected chi connectivity index (χ0v) is 10.9. The van der Waals surface area contributed by atoms with Crippen molar-refractivity contribution in [3.63, 3.8) is 0 Å². The van der Waals surface area contributed by atoms with Crippen molar-refractivity contribution in [3.8, 4) is 0 Å². The molecule has 0 saturated heterocycles. The van der Waals surface area contributed by atoms with Crippen LogP contribution in [0.2, 0.25) is 0 Å². The molecule has 3 heteroatoms. The third kappa shape index (κ3) is 3.07. The maximum Gasteiger partial charge on any atom is 0.242 e. The number of primary amides is 1. The van der Waals surface area contributed by atoms with E-state index in [9.17, 15) is 4.79 Å². The van der Waals surface area contributed by atoms with Gasteiger partial charge in [0.05, 0.1) is 0 Å². The van der Waals surface area contributed by atoms with E-state index in [1.54, 1.807) is 0 Å². The molecule has 0 saturated carbocycles. The maximum atomic E-state index is 11.6. The van der Waals surface area contributed by atoms with E-state index in [2.05, 4.69) is 24.4 Å². The first kappa shape index (κ1) is 13.7. The standard InChI is InChI=1S/C14H22N2O/c1-4-6-11-7-9-12(10-8-11)14(3,13(15)17)16-5-2/h7-10,16H,4-6H2,1-3H3,(H2,15,17). The van der Waals surface area contributed by atoms with Crippen LogP contribution < -0.4 is 11.1 Å². The predicted octanol–water partition coefficient (Wildman–Crippen LogP) is 1.95. The minimum atomic E-state index is -0.778. The van der Waals surface area contributed by atoms with Crippen LogP contribution in [0.1, 0.15) is 38.3 Å². The molecule has 1 aromatic rings. The number of carbonyl (C=O) groups excluding carboxylic acids is 1. The molecule has 1 amide bonds. The van der Waals surface area contributed by atoms with Gasteiger partial charge in [-0.3, -0.25) is 4.79 Å². The normalized spacial score (nSPS) is 14.3. The molecule has 17 heavy (non-hydrogen) atoms. The Morgan fingerprint density at radius 3 is 2.29 bits per heavy atom. The van der Waals surface area contributed by atoms with Gasteiger partial charge in [-0.2, -0.15) is 0 Å². The molecule has 1 rings (SSSR count). The van der Waals surface area contributed by atoms with Gasteiger partial charge in [-0.25, -0.2) is 0 Å². The number of carbonyl (C=O) groups is 1. The Morgan fingerprint density at radius 1 is 1.29 bits per heavy atom. The van der Waals surface area contributed by atoms with Gasteiger partial charge in [0.1, 0.15) is 5.54 Å². The van der Waals surface area contributed by atoms with Crippen LogP contribution in [0.4, 0.5) is 0 Å². The highest BCUT2D eigenvalue weighted by Crippen LogP contribution is 2.21. The summed E-state index contributed by atoms with van der Waals surface area (Å²) in [6, 6.07) is 8.10. The Morgan fingerprint density at radius 2 is 1.88 bits per heavy atom. The molecule has 0 bridgehead atoms. The van der Waals surface area contributed by atoms with Gasteiger partial charge in [-0.15, -0.1) is 0 Å². The van der Waals surface area contributed by atoms with Crippen LogP contribution in [0.25, 0.3) is 0 Å². The second-order valence-electron chi connectivity index (χ2n) is 4.47. The first-order valence-corrected chi connectivity index (χ1v) is 6.19. The van der Waals surface area contributed by atoms with Gasteiger partial charge in [-0.05, 0) is 31.0 Å². The molecule has 0 aliphatic carbocycles. The highest BCUT2D eigenvalue weighted by atomic mass is 16.1. The number of hydrogen-bond acceptors (Lipinski definition) is 2. The summed E-state index contributed by atoms with van der Waals surface area (Å²) in [5, 5.41) is 3.15. The van der Waals surface area contributed by atoms with Crippen molar-refractivity contribution in [3.05, 3.63) is 35.4 Å². The van der Waals surface area contributed by atoms with Gasteiger partial charge in [0.2, 0.25) is 5.91 Å². The molecule has 0 radical (unpaired) electrons. The van der Waals surface area contributed by atoms with Crippen LogP contribution in [-0.2, 0) is 16.8 Å². The fourth-order valence-electron chi connectivity index (χ4n) is 1.98. The van der Waals surface area contributed by atoms with Crippen molar-refractivity contribution >= 4 is 5.91 Å². The third-order valence-electron chi connectivity index (χ3n) is 3.09. The monoisotopic (exact) mass is 234 g/mol. The summed E-state index contributed by atoms with van der Waals surface area (Å²) >= 11 is 0. The van der Waals surface area contributed by atoms with Crippen molar-refractivity contribution in [2.45, 2.75) is 39.2 Å². The van der Waals surface area contributed by atoms with Crippen LogP contribution in [0.15, 0.2) is 24.3 Å². The third-order valence-corrected chi connectivity index (χ3v) is 3.09. The van der Waals surface area contributed by atoms with Gasteiger partial charge >= 0.3 is 0 Å². The van der Waals surface area contributed by atoms with E-state index in [4.69, 9.17) is 5.73 Å².